The Morgan fingerprint density at radius 3 is 2.55 bits per heavy atom. The van der Waals surface area contributed by atoms with Crippen molar-refractivity contribution < 1.29 is 9.59 Å². The lowest BCUT2D eigenvalue weighted by molar-refractivity contribution is -0.137. The molecule has 1 aromatic heterocycles. The highest BCUT2D eigenvalue weighted by atomic mass is 16.2. The summed E-state index contributed by atoms with van der Waals surface area (Å²) in [7, 11) is 1.88. The van der Waals surface area contributed by atoms with Crippen LogP contribution in [-0.2, 0) is 22.6 Å². The molecule has 0 radical (unpaired) electrons. The number of imidazole rings is 1. The zero-order chi connectivity index (χ0) is 21.6. The van der Waals surface area contributed by atoms with Crippen molar-refractivity contribution >= 4 is 22.8 Å². The molecule has 1 atom stereocenters. The van der Waals surface area contributed by atoms with E-state index in [1.54, 1.807) is 6.33 Å². The first-order valence-corrected chi connectivity index (χ1v) is 11.1. The van der Waals surface area contributed by atoms with Crippen molar-refractivity contribution in [2.75, 3.05) is 7.05 Å². The summed E-state index contributed by atoms with van der Waals surface area (Å²) in [6.07, 6.45) is 7.78. The second kappa shape index (κ2) is 9.77. The lowest BCUT2D eigenvalue weighted by Gasteiger charge is -2.34. The minimum Gasteiger partial charge on any atom is -0.342 e. The van der Waals surface area contributed by atoms with Crippen LogP contribution in [0.3, 0.4) is 0 Å². The van der Waals surface area contributed by atoms with E-state index >= 15 is 0 Å². The van der Waals surface area contributed by atoms with Gasteiger partial charge in [-0.2, -0.15) is 0 Å². The second-order valence-electron chi connectivity index (χ2n) is 8.41. The first kappa shape index (κ1) is 21.1. The second-order valence-corrected chi connectivity index (χ2v) is 8.41. The number of fused-ring (bicyclic) bond motifs is 1. The van der Waals surface area contributed by atoms with Crippen molar-refractivity contribution in [1.29, 1.82) is 0 Å². The number of rotatable bonds is 7. The number of hydrogen-bond acceptors (Lipinski definition) is 3. The molecule has 2 amide bonds. The van der Waals surface area contributed by atoms with E-state index in [2.05, 4.69) is 10.3 Å². The molecule has 1 N–H and O–H groups in total. The molecular formula is C25H30N4O2. The third kappa shape index (κ3) is 5.13. The first-order chi connectivity index (χ1) is 15.1. The van der Waals surface area contributed by atoms with Gasteiger partial charge in [0.2, 0.25) is 11.8 Å². The maximum absolute atomic E-state index is 13.4. The van der Waals surface area contributed by atoms with Crippen LogP contribution < -0.4 is 5.32 Å². The Bertz CT molecular complexity index is 1020. The number of amides is 2. The lowest BCUT2D eigenvalue weighted by Crippen LogP contribution is -2.52. The highest BCUT2D eigenvalue weighted by Crippen LogP contribution is 2.22. The Balaban J connectivity index is 1.49. The zero-order valence-corrected chi connectivity index (χ0v) is 18.0. The average Bonchev–Trinajstić information content (AvgIpc) is 3.21. The van der Waals surface area contributed by atoms with Gasteiger partial charge < -0.3 is 14.8 Å². The smallest absolute Gasteiger partial charge is 0.245 e. The van der Waals surface area contributed by atoms with Crippen molar-refractivity contribution in [1.82, 2.24) is 19.8 Å². The average molecular weight is 419 g/mol. The normalized spacial score (nSPS) is 15.5. The number of nitrogens with zero attached hydrogens (tertiary/aromatic N) is 3. The van der Waals surface area contributed by atoms with Crippen LogP contribution in [0.2, 0.25) is 0 Å². The Labute approximate surface area is 183 Å². The first-order valence-electron chi connectivity index (χ1n) is 11.1. The Morgan fingerprint density at radius 2 is 1.77 bits per heavy atom. The monoisotopic (exact) mass is 418 g/mol. The molecule has 1 aliphatic rings. The number of hydrogen-bond donors (Lipinski definition) is 1. The predicted molar refractivity (Wildman–Crippen MR) is 121 cm³/mol. The van der Waals surface area contributed by atoms with Crippen molar-refractivity contribution in [3.63, 3.8) is 0 Å². The number of aromatic nitrogens is 2. The summed E-state index contributed by atoms with van der Waals surface area (Å²) in [5.74, 6) is -0.200. The number of carbonyl (C=O) groups is 2. The molecule has 0 unspecified atom stereocenters. The van der Waals surface area contributed by atoms with E-state index in [1.165, 1.54) is 6.42 Å². The fraction of sp³-hybridized carbons (Fsp3) is 0.400. The highest BCUT2D eigenvalue weighted by Gasteiger charge is 2.29. The van der Waals surface area contributed by atoms with Gasteiger partial charge in [-0.3, -0.25) is 9.59 Å². The molecule has 3 aromatic rings. The van der Waals surface area contributed by atoms with Gasteiger partial charge in [-0.1, -0.05) is 61.7 Å². The van der Waals surface area contributed by atoms with E-state index in [0.717, 1.165) is 42.3 Å². The Hall–Kier alpha value is -3.15. The van der Waals surface area contributed by atoms with Gasteiger partial charge in [0.15, 0.2) is 0 Å². The predicted octanol–water partition coefficient (Wildman–Crippen LogP) is 3.55. The van der Waals surface area contributed by atoms with Crippen LogP contribution in [0.5, 0.6) is 0 Å². The lowest BCUT2D eigenvalue weighted by atomic mass is 9.93. The Morgan fingerprint density at radius 1 is 1.06 bits per heavy atom. The summed E-state index contributed by atoms with van der Waals surface area (Å²) < 4.78 is 1.82. The highest BCUT2D eigenvalue weighted by molar-refractivity contribution is 5.88. The van der Waals surface area contributed by atoms with Gasteiger partial charge in [-0.15, -0.1) is 0 Å². The third-order valence-corrected chi connectivity index (χ3v) is 6.23. The number of carbonyl (C=O) groups excluding carboxylic acids is 2. The molecule has 2 aromatic carbocycles. The molecular weight excluding hydrogens is 388 g/mol. The van der Waals surface area contributed by atoms with Gasteiger partial charge in [0.25, 0.3) is 0 Å². The molecule has 0 spiro atoms. The van der Waals surface area contributed by atoms with E-state index in [4.69, 9.17) is 0 Å². The van der Waals surface area contributed by atoms with E-state index < -0.39 is 6.04 Å². The van der Waals surface area contributed by atoms with Crippen molar-refractivity contribution in [2.45, 2.75) is 57.2 Å². The molecule has 4 rings (SSSR count). The summed E-state index contributed by atoms with van der Waals surface area (Å²) in [5.41, 5.74) is 2.79. The fourth-order valence-electron chi connectivity index (χ4n) is 4.47. The van der Waals surface area contributed by atoms with E-state index in [0.29, 0.717) is 6.42 Å². The summed E-state index contributed by atoms with van der Waals surface area (Å²) in [5, 5.41) is 3.01. The topological polar surface area (TPSA) is 67.2 Å². The van der Waals surface area contributed by atoms with E-state index in [-0.39, 0.29) is 24.4 Å². The van der Waals surface area contributed by atoms with E-state index in [9.17, 15) is 9.59 Å². The van der Waals surface area contributed by atoms with Gasteiger partial charge in [0, 0.05) is 19.5 Å². The number of para-hydroxylation sites is 2. The number of nitrogens with one attached hydrogen (secondary N) is 1. The van der Waals surface area contributed by atoms with Crippen LogP contribution in [-0.4, -0.2) is 45.4 Å². The summed E-state index contributed by atoms with van der Waals surface area (Å²) in [6.45, 7) is 0.131. The molecule has 1 aliphatic carbocycles. The minimum atomic E-state index is -0.586. The van der Waals surface area contributed by atoms with Gasteiger partial charge in [-0.25, -0.2) is 4.98 Å². The molecule has 1 saturated carbocycles. The molecule has 1 heterocycles. The van der Waals surface area contributed by atoms with Gasteiger partial charge >= 0.3 is 0 Å². The van der Waals surface area contributed by atoms with Crippen molar-refractivity contribution in [2.24, 2.45) is 0 Å². The summed E-state index contributed by atoms with van der Waals surface area (Å²) >= 11 is 0. The Kier molecular flexibility index (Phi) is 6.65. The van der Waals surface area contributed by atoms with Crippen LogP contribution in [0.1, 0.15) is 37.7 Å². The van der Waals surface area contributed by atoms with Crippen LogP contribution in [0.15, 0.2) is 60.9 Å². The largest absolute Gasteiger partial charge is 0.342 e. The van der Waals surface area contributed by atoms with Gasteiger partial charge in [-0.05, 0) is 30.5 Å². The zero-order valence-electron chi connectivity index (χ0n) is 18.0. The molecule has 0 bridgehead atoms. The standard InChI is InChI=1S/C25H30N4O2/c1-28(20-12-6-3-7-13-20)25(31)22(16-19-10-4-2-5-11-19)27-24(30)17-29-18-26-21-14-8-9-15-23(21)29/h2,4-5,8-11,14-15,18,20,22H,3,6-7,12-13,16-17H2,1H3,(H,27,30)/t22-/m0/s1. The molecule has 31 heavy (non-hydrogen) atoms. The maximum Gasteiger partial charge on any atom is 0.245 e. The third-order valence-electron chi connectivity index (χ3n) is 6.23. The summed E-state index contributed by atoms with van der Waals surface area (Å²) in [4.78, 5) is 32.5. The quantitative estimate of drug-likeness (QED) is 0.638. The van der Waals surface area contributed by atoms with Crippen LogP contribution in [0.25, 0.3) is 11.0 Å². The van der Waals surface area contributed by atoms with Crippen LogP contribution in [0, 0.1) is 0 Å². The SMILES string of the molecule is CN(C(=O)[C@H](Cc1ccccc1)NC(=O)Cn1cnc2ccccc21)C1CCCCC1. The molecule has 6 heteroatoms. The van der Waals surface area contributed by atoms with E-state index in [1.807, 2.05) is 71.1 Å². The summed E-state index contributed by atoms with van der Waals surface area (Å²) in [6, 6.07) is 17.3. The number of likely N-dealkylation sites (N-methyl/N-ethyl adjacent to an activating group) is 1. The molecule has 162 valence electrons. The van der Waals surface area contributed by atoms with Crippen molar-refractivity contribution in [3.8, 4) is 0 Å². The maximum atomic E-state index is 13.4. The van der Waals surface area contributed by atoms with Crippen molar-refractivity contribution in [3.05, 3.63) is 66.5 Å². The fourth-order valence-corrected chi connectivity index (χ4v) is 4.47. The molecule has 6 nitrogen and oxygen atoms in total. The van der Waals surface area contributed by atoms with Crippen LogP contribution >= 0.6 is 0 Å². The minimum absolute atomic E-state index is 0.0143. The molecule has 0 saturated heterocycles. The van der Waals surface area contributed by atoms with Gasteiger partial charge in [0.05, 0.1) is 17.4 Å². The molecule has 0 aliphatic heterocycles. The van der Waals surface area contributed by atoms with Crippen LogP contribution in [0.4, 0.5) is 0 Å². The van der Waals surface area contributed by atoms with Gasteiger partial charge in [0.1, 0.15) is 12.6 Å². The molecule has 1 fully saturated rings. The number of benzene rings is 2.